The van der Waals surface area contributed by atoms with Crippen LogP contribution in [0.25, 0.3) is 0 Å². The minimum Gasteiger partial charge on any atom is -0.382 e. The number of hydrogen-bond donors (Lipinski definition) is 1. The van der Waals surface area contributed by atoms with Gasteiger partial charge >= 0.3 is 0 Å². The zero-order chi connectivity index (χ0) is 17.7. The van der Waals surface area contributed by atoms with Gasteiger partial charge in [-0.3, -0.25) is 0 Å². The van der Waals surface area contributed by atoms with Crippen LogP contribution < -0.4 is 0 Å². The molecule has 134 valence electrons. The standard InChI is InChI=1S/C20H24O5/c1-15(23-14-22-2)16-8-10-17(11-9-16)19(21)20(24-12-13-25-20)18-6-4-3-5-7-18/h3-11,15,19,21H,12-14H2,1-2H3. The molecule has 2 atom stereocenters. The lowest BCUT2D eigenvalue weighted by atomic mass is 9.93. The maximum atomic E-state index is 11.0. The highest BCUT2D eigenvalue weighted by molar-refractivity contribution is 5.31. The van der Waals surface area contributed by atoms with Gasteiger partial charge in [0.1, 0.15) is 12.9 Å². The minimum absolute atomic E-state index is 0.0896. The van der Waals surface area contributed by atoms with Crippen LogP contribution in [-0.2, 0) is 24.7 Å². The van der Waals surface area contributed by atoms with Crippen molar-refractivity contribution in [2.24, 2.45) is 0 Å². The summed E-state index contributed by atoms with van der Waals surface area (Å²) in [5.41, 5.74) is 2.55. The molecule has 2 aromatic carbocycles. The Morgan fingerprint density at radius 2 is 1.60 bits per heavy atom. The van der Waals surface area contributed by atoms with E-state index in [2.05, 4.69) is 0 Å². The fraction of sp³-hybridized carbons (Fsp3) is 0.400. The van der Waals surface area contributed by atoms with Crippen molar-refractivity contribution >= 4 is 0 Å². The van der Waals surface area contributed by atoms with E-state index in [1.807, 2.05) is 61.5 Å². The van der Waals surface area contributed by atoms with Gasteiger partial charge in [0.15, 0.2) is 0 Å². The normalized spacial score (nSPS) is 18.8. The van der Waals surface area contributed by atoms with Crippen molar-refractivity contribution in [3.63, 3.8) is 0 Å². The summed E-state index contributed by atoms with van der Waals surface area (Å²) in [4.78, 5) is 0. The van der Waals surface area contributed by atoms with Gasteiger partial charge in [-0.05, 0) is 18.1 Å². The third-order valence-corrected chi connectivity index (χ3v) is 4.41. The molecule has 25 heavy (non-hydrogen) atoms. The molecule has 0 amide bonds. The summed E-state index contributed by atoms with van der Waals surface area (Å²) in [5, 5.41) is 11.0. The van der Waals surface area contributed by atoms with Crippen molar-refractivity contribution in [1.82, 2.24) is 0 Å². The third-order valence-electron chi connectivity index (χ3n) is 4.41. The molecule has 0 radical (unpaired) electrons. The first-order chi connectivity index (χ1) is 12.2. The number of rotatable bonds is 7. The summed E-state index contributed by atoms with van der Waals surface area (Å²) in [6, 6.07) is 17.2. The Morgan fingerprint density at radius 1 is 1.00 bits per heavy atom. The second-order valence-corrected chi connectivity index (χ2v) is 6.02. The Balaban J connectivity index is 1.82. The summed E-state index contributed by atoms with van der Waals surface area (Å²) in [5.74, 6) is -1.17. The molecule has 0 saturated carbocycles. The number of aliphatic hydroxyl groups is 1. The number of aliphatic hydroxyl groups excluding tert-OH is 1. The fourth-order valence-electron chi connectivity index (χ4n) is 3.02. The van der Waals surface area contributed by atoms with Gasteiger partial charge in [0.25, 0.3) is 0 Å². The molecule has 1 aliphatic heterocycles. The van der Waals surface area contributed by atoms with E-state index >= 15 is 0 Å². The molecule has 2 unspecified atom stereocenters. The van der Waals surface area contributed by atoms with E-state index in [0.29, 0.717) is 13.2 Å². The first-order valence-electron chi connectivity index (χ1n) is 8.39. The van der Waals surface area contributed by atoms with Crippen molar-refractivity contribution in [2.75, 3.05) is 27.1 Å². The maximum absolute atomic E-state index is 11.0. The van der Waals surface area contributed by atoms with Crippen molar-refractivity contribution in [3.8, 4) is 0 Å². The van der Waals surface area contributed by atoms with Gasteiger partial charge in [0.05, 0.1) is 19.3 Å². The molecule has 5 nitrogen and oxygen atoms in total. The summed E-state index contributed by atoms with van der Waals surface area (Å²) < 4.78 is 22.2. The zero-order valence-electron chi connectivity index (χ0n) is 14.6. The highest BCUT2D eigenvalue weighted by Gasteiger charge is 2.46. The van der Waals surface area contributed by atoms with E-state index in [1.165, 1.54) is 0 Å². The Hall–Kier alpha value is -1.76. The topological polar surface area (TPSA) is 57.2 Å². The average Bonchev–Trinajstić information content (AvgIpc) is 3.17. The van der Waals surface area contributed by atoms with Gasteiger partial charge in [-0.15, -0.1) is 0 Å². The fourth-order valence-corrected chi connectivity index (χ4v) is 3.02. The second kappa shape index (κ2) is 8.08. The molecule has 5 heteroatoms. The monoisotopic (exact) mass is 344 g/mol. The number of ether oxygens (including phenoxy) is 4. The van der Waals surface area contributed by atoms with E-state index in [-0.39, 0.29) is 12.9 Å². The van der Waals surface area contributed by atoms with Crippen molar-refractivity contribution in [1.29, 1.82) is 0 Å². The predicted molar refractivity (Wildman–Crippen MR) is 92.8 cm³/mol. The molecule has 0 bridgehead atoms. The number of benzene rings is 2. The van der Waals surface area contributed by atoms with Crippen LogP contribution in [0, 0.1) is 0 Å². The highest BCUT2D eigenvalue weighted by Crippen LogP contribution is 2.42. The SMILES string of the molecule is COCOC(C)c1ccc(C(O)C2(c3ccccc3)OCCO2)cc1. The van der Waals surface area contributed by atoms with Gasteiger partial charge in [0, 0.05) is 12.7 Å². The number of hydrogen-bond acceptors (Lipinski definition) is 5. The molecule has 0 spiro atoms. The van der Waals surface area contributed by atoms with Gasteiger partial charge in [0.2, 0.25) is 5.79 Å². The molecule has 2 aromatic rings. The van der Waals surface area contributed by atoms with E-state index in [1.54, 1.807) is 7.11 Å². The lowest BCUT2D eigenvalue weighted by Gasteiger charge is -2.33. The van der Waals surface area contributed by atoms with E-state index in [4.69, 9.17) is 18.9 Å². The Bertz CT molecular complexity index is 650. The minimum atomic E-state index is -1.17. The second-order valence-electron chi connectivity index (χ2n) is 6.02. The van der Waals surface area contributed by atoms with E-state index in [0.717, 1.165) is 16.7 Å². The highest BCUT2D eigenvalue weighted by atomic mass is 16.7. The average molecular weight is 344 g/mol. The number of methoxy groups -OCH3 is 1. The molecule has 1 aliphatic rings. The van der Waals surface area contributed by atoms with Crippen LogP contribution >= 0.6 is 0 Å². The Labute approximate surface area is 148 Å². The third kappa shape index (κ3) is 3.76. The summed E-state index contributed by atoms with van der Waals surface area (Å²) in [6.45, 7) is 3.10. The molecule has 1 saturated heterocycles. The first-order valence-corrected chi connectivity index (χ1v) is 8.39. The summed E-state index contributed by atoms with van der Waals surface area (Å²) in [6.07, 6.45) is -1.02. The first kappa shape index (κ1) is 18.0. The Morgan fingerprint density at radius 3 is 2.20 bits per heavy atom. The molecule has 0 aromatic heterocycles. The molecule has 1 N–H and O–H groups in total. The molecule has 0 aliphatic carbocycles. The zero-order valence-corrected chi connectivity index (χ0v) is 14.6. The molecular formula is C20H24O5. The maximum Gasteiger partial charge on any atom is 0.226 e. The summed E-state index contributed by atoms with van der Waals surface area (Å²) >= 11 is 0. The van der Waals surface area contributed by atoms with Crippen molar-refractivity contribution in [3.05, 3.63) is 71.3 Å². The summed E-state index contributed by atoms with van der Waals surface area (Å²) in [7, 11) is 1.59. The predicted octanol–water partition coefficient (Wildman–Crippen LogP) is 3.30. The van der Waals surface area contributed by atoms with Crippen molar-refractivity contribution in [2.45, 2.75) is 24.9 Å². The van der Waals surface area contributed by atoms with Crippen LogP contribution in [-0.4, -0.2) is 32.2 Å². The molecule has 3 rings (SSSR count). The van der Waals surface area contributed by atoms with E-state index < -0.39 is 11.9 Å². The van der Waals surface area contributed by atoms with Crippen LogP contribution in [0.2, 0.25) is 0 Å². The van der Waals surface area contributed by atoms with Gasteiger partial charge in [-0.25, -0.2) is 0 Å². The van der Waals surface area contributed by atoms with Gasteiger partial charge < -0.3 is 24.1 Å². The van der Waals surface area contributed by atoms with Gasteiger partial charge in [-0.1, -0.05) is 54.6 Å². The molecule has 1 fully saturated rings. The Kier molecular flexibility index (Phi) is 5.83. The lowest BCUT2D eigenvalue weighted by Crippen LogP contribution is -2.35. The van der Waals surface area contributed by atoms with Gasteiger partial charge in [-0.2, -0.15) is 0 Å². The molecule has 1 heterocycles. The van der Waals surface area contributed by atoms with E-state index in [9.17, 15) is 5.11 Å². The lowest BCUT2D eigenvalue weighted by molar-refractivity contribution is -0.232. The van der Waals surface area contributed by atoms with Crippen molar-refractivity contribution < 1.29 is 24.1 Å². The quantitative estimate of drug-likeness (QED) is 0.781. The largest absolute Gasteiger partial charge is 0.382 e. The van der Waals surface area contributed by atoms with Crippen LogP contribution in [0.3, 0.4) is 0 Å². The molecular weight excluding hydrogens is 320 g/mol. The van der Waals surface area contributed by atoms with Crippen LogP contribution in [0.5, 0.6) is 0 Å². The van der Waals surface area contributed by atoms with Crippen LogP contribution in [0.4, 0.5) is 0 Å². The van der Waals surface area contributed by atoms with Crippen LogP contribution in [0.1, 0.15) is 35.8 Å². The van der Waals surface area contributed by atoms with Crippen LogP contribution in [0.15, 0.2) is 54.6 Å². The smallest absolute Gasteiger partial charge is 0.226 e.